The van der Waals surface area contributed by atoms with E-state index < -0.39 is 0 Å². The predicted octanol–water partition coefficient (Wildman–Crippen LogP) is 4.05. The Morgan fingerprint density at radius 2 is 1.96 bits per heavy atom. The maximum atomic E-state index is 13.3. The highest BCUT2D eigenvalue weighted by atomic mass is 35.5. The fraction of sp³-hybridized carbons (Fsp3) is 0.238. The second-order valence-corrected chi connectivity index (χ2v) is 7.62. The monoisotopic (exact) mass is 391 g/mol. The first-order chi connectivity index (χ1) is 13.6. The SMILES string of the molecule is Cc1nc2n(n1)[C@H](c1ccccn1)C1=C(C[C@@H](c3ccc(Cl)cc3)CC1=O)N2. The highest BCUT2D eigenvalue weighted by Crippen LogP contribution is 2.43. The number of halogens is 1. The summed E-state index contributed by atoms with van der Waals surface area (Å²) >= 11 is 6.02. The number of nitrogens with zero attached hydrogens (tertiary/aromatic N) is 4. The van der Waals surface area contributed by atoms with E-state index in [9.17, 15) is 4.79 Å². The maximum Gasteiger partial charge on any atom is 0.226 e. The molecule has 3 aromatic rings. The average Bonchev–Trinajstić information content (AvgIpc) is 3.07. The van der Waals surface area contributed by atoms with Crippen molar-refractivity contribution in [2.45, 2.75) is 31.7 Å². The van der Waals surface area contributed by atoms with Crippen LogP contribution in [0.25, 0.3) is 0 Å². The topological polar surface area (TPSA) is 72.7 Å². The number of hydrogen-bond donors (Lipinski definition) is 1. The normalized spacial score (nSPS) is 21.1. The summed E-state index contributed by atoms with van der Waals surface area (Å²) in [5.74, 6) is 1.53. The van der Waals surface area contributed by atoms with Gasteiger partial charge in [0.25, 0.3) is 0 Å². The van der Waals surface area contributed by atoms with Crippen LogP contribution in [-0.2, 0) is 4.79 Å². The molecule has 2 aliphatic rings. The summed E-state index contributed by atoms with van der Waals surface area (Å²) in [5, 5.41) is 8.57. The van der Waals surface area contributed by atoms with Crippen molar-refractivity contribution in [3.63, 3.8) is 0 Å². The molecule has 0 amide bonds. The van der Waals surface area contributed by atoms with E-state index in [4.69, 9.17) is 11.6 Å². The number of aryl methyl sites for hydroxylation is 1. The van der Waals surface area contributed by atoms with Crippen LogP contribution in [0.2, 0.25) is 5.02 Å². The third-order valence-electron chi connectivity index (χ3n) is 5.34. The minimum atomic E-state index is -0.354. The summed E-state index contributed by atoms with van der Waals surface area (Å²) in [5.41, 5.74) is 3.55. The molecular weight excluding hydrogens is 374 g/mol. The Bertz CT molecular complexity index is 1090. The van der Waals surface area contributed by atoms with Crippen molar-refractivity contribution >= 4 is 23.3 Å². The van der Waals surface area contributed by atoms with Gasteiger partial charge in [-0.05, 0) is 49.1 Å². The number of hydrogen-bond acceptors (Lipinski definition) is 5. The second-order valence-electron chi connectivity index (χ2n) is 7.18. The lowest BCUT2D eigenvalue weighted by Crippen LogP contribution is -2.34. The van der Waals surface area contributed by atoms with Crippen molar-refractivity contribution in [3.05, 3.63) is 82.0 Å². The van der Waals surface area contributed by atoms with Gasteiger partial charge in [0.1, 0.15) is 11.9 Å². The van der Waals surface area contributed by atoms with E-state index in [1.807, 2.05) is 49.4 Å². The molecule has 0 bridgehead atoms. The number of fused-ring (bicyclic) bond motifs is 1. The zero-order valence-electron chi connectivity index (χ0n) is 15.3. The Morgan fingerprint density at radius 3 is 2.71 bits per heavy atom. The molecule has 0 radical (unpaired) electrons. The first-order valence-electron chi connectivity index (χ1n) is 9.23. The molecule has 0 spiro atoms. The summed E-state index contributed by atoms with van der Waals surface area (Å²) in [6, 6.07) is 13.1. The van der Waals surface area contributed by atoms with Gasteiger partial charge in [-0.1, -0.05) is 29.8 Å². The van der Waals surface area contributed by atoms with Gasteiger partial charge in [-0.3, -0.25) is 9.78 Å². The fourth-order valence-corrected chi connectivity index (χ4v) is 4.23. The van der Waals surface area contributed by atoms with Gasteiger partial charge in [-0.15, -0.1) is 0 Å². The van der Waals surface area contributed by atoms with Gasteiger partial charge in [-0.25, -0.2) is 4.68 Å². The van der Waals surface area contributed by atoms with Crippen LogP contribution >= 0.6 is 11.6 Å². The first-order valence-corrected chi connectivity index (χ1v) is 9.61. The molecule has 0 saturated carbocycles. The van der Waals surface area contributed by atoms with Crippen molar-refractivity contribution in [1.29, 1.82) is 0 Å². The number of benzene rings is 1. The second kappa shape index (κ2) is 6.56. The van der Waals surface area contributed by atoms with E-state index in [1.165, 1.54) is 0 Å². The number of carbonyl (C=O) groups excluding carboxylic acids is 1. The largest absolute Gasteiger partial charge is 0.328 e. The number of aromatic nitrogens is 4. The number of carbonyl (C=O) groups is 1. The van der Waals surface area contributed by atoms with E-state index >= 15 is 0 Å². The quantitative estimate of drug-likeness (QED) is 0.713. The van der Waals surface area contributed by atoms with Crippen molar-refractivity contribution < 1.29 is 4.79 Å². The molecule has 0 unspecified atom stereocenters. The van der Waals surface area contributed by atoms with Gasteiger partial charge in [0, 0.05) is 28.9 Å². The molecule has 28 heavy (non-hydrogen) atoms. The van der Waals surface area contributed by atoms with Crippen molar-refractivity contribution in [2.75, 3.05) is 5.32 Å². The number of anilines is 1. The molecular formula is C21H18ClN5O. The Kier molecular flexibility index (Phi) is 4.02. The first kappa shape index (κ1) is 17.1. The highest BCUT2D eigenvalue weighted by molar-refractivity contribution is 6.30. The lowest BCUT2D eigenvalue weighted by Gasteiger charge is -2.34. The molecule has 1 aliphatic heterocycles. The van der Waals surface area contributed by atoms with Gasteiger partial charge in [0.15, 0.2) is 5.78 Å². The Balaban J connectivity index is 1.60. The fourth-order valence-electron chi connectivity index (χ4n) is 4.10. The van der Waals surface area contributed by atoms with E-state index in [2.05, 4.69) is 20.4 Å². The molecule has 1 aliphatic carbocycles. The summed E-state index contributed by atoms with van der Waals surface area (Å²) in [6.07, 6.45) is 2.93. The van der Waals surface area contributed by atoms with Crippen LogP contribution < -0.4 is 5.32 Å². The summed E-state index contributed by atoms with van der Waals surface area (Å²) in [6.45, 7) is 1.85. The van der Waals surface area contributed by atoms with Crippen molar-refractivity contribution in [3.8, 4) is 0 Å². The van der Waals surface area contributed by atoms with Crippen LogP contribution in [0.3, 0.4) is 0 Å². The molecule has 0 fully saturated rings. The van der Waals surface area contributed by atoms with Crippen LogP contribution in [0.4, 0.5) is 5.95 Å². The van der Waals surface area contributed by atoms with Crippen LogP contribution in [0.5, 0.6) is 0 Å². The Hall–Kier alpha value is -2.99. The molecule has 1 aromatic carbocycles. The summed E-state index contributed by atoms with van der Waals surface area (Å²) < 4.78 is 1.77. The molecule has 5 rings (SSSR count). The molecule has 7 heteroatoms. The van der Waals surface area contributed by atoms with Gasteiger partial charge in [0.05, 0.1) is 5.69 Å². The number of pyridine rings is 1. The van der Waals surface area contributed by atoms with Crippen LogP contribution in [0.1, 0.15) is 41.9 Å². The zero-order valence-corrected chi connectivity index (χ0v) is 16.0. The minimum Gasteiger partial charge on any atom is -0.328 e. The van der Waals surface area contributed by atoms with E-state index in [-0.39, 0.29) is 17.7 Å². The summed E-state index contributed by atoms with van der Waals surface area (Å²) in [4.78, 5) is 22.3. The predicted molar refractivity (Wildman–Crippen MR) is 106 cm³/mol. The van der Waals surface area contributed by atoms with Crippen LogP contribution in [0.15, 0.2) is 59.9 Å². The van der Waals surface area contributed by atoms with E-state index in [1.54, 1.807) is 10.9 Å². The third kappa shape index (κ3) is 2.81. The highest BCUT2D eigenvalue weighted by Gasteiger charge is 2.40. The van der Waals surface area contributed by atoms with Crippen LogP contribution in [-0.4, -0.2) is 25.5 Å². The van der Waals surface area contributed by atoms with E-state index in [0.29, 0.717) is 23.2 Å². The number of Topliss-reactive ketones (excluding diaryl/α,β-unsaturated/α-hetero) is 1. The molecule has 2 aromatic heterocycles. The summed E-state index contributed by atoms with van der Waals surface area (Å²) in [7, 11) is 0. The van der Waals surface area contributed by atoms with E-state index in [0.717, 1.165) is 28.9 Å². The molecule has 0 saturated heterocycles. The standard InChI is InChI=1S/C21H18ClN5O/c1-12-24-21-25-17-10-14(13-5-7-15(22)8-6-13)11-18(28)19(17)20(27(21)26-12)16-4-2-3-9-23-16/h2-9,14,20H,10-11H2,1H3,(H,24,25,26)/t14-,20-/m1/s1. The molecule has 140 valence electrons. The molecule has 1 N–H and O–H groups in total. The number of nitrogens with one attached hydrogen (secondary N) is 1. The smallest absolute Gasteiger partial charge is 0.226 e. The van der Waals surface area contributed by atoms with Gasteiger partial charge in [0.2, 0.25) is 5.95 Å². The number of ketones is 1. The zero-order chi connectivity index (χ0) is 19.3. The lowest BCUT2D eigenvalue weighted by molar-refractivity contribution is -0.116. The maximum absolute atomic E-state index is 13.3. The number of rotatable bonds is 2. The molecule has 3 heterocycles. The molecule has 2 atom stereocenters. The minimum absolute atomic E-state index is 0.107. The Morgan fingerprint density at radius 1 is 1.14 bits per heavy atom. The third-order valence-corrected chi connectivity index (χ3v) is 5.59. The van der Waals surface area contributed by atoms with Crippen molar-refractivity contribution in [1.82, 2.24) is 19.7 Å². The average molecular weight is 392 g/mol. The van der Waals surface area contributed by atoms with Crippen LogP contribution in [0, 0.1) is 6.92 Å². The van der Waals surface area contributed by atoms with Gasteiger partial charge >= 0.3 is 0 Å². The lowest BCUT2D eigenvalue weighted by atomic mass is 9.78. The Labute approximate surface area is 167 Å². The molecule has 6 nitrogen and oxygen atoms in total. The van der Waals surface area contributed by atoms with Gasteiger partial charge < -0.3 is 5.32 Å². The number of allylic oxidation sites excluding steroid dienone is 2. The van der Waals surface area contributed by atoms with Gasteiger partial charge in [-0.2, -0.15) is 10.1 Å². The van der Waals surface area contributed by atoms with Crippen molar-refractivity contribution in [2.24, 2.45) is 0 Å².